The van der Waals surface area contributed by atoms with Gasteiger partial charge >= 0.3 is 0 Å². The van der Waals surface area contributed by atoms with Crippen molar-refractivity contribution in [1.29, 1.82) is 0 Å². The molecule has 5 nitrogen and oxygen atoms in total. The van der Waals surface area contributed by atoms with Crippen molar-refractivity contribution in [2.24, 2.45) is 0 Å². The third kappa shape index (κ3) is 2.80. The molecule has 1 aliphatic rings. The lowest BCUT2D eigenvalue weighted by molar-refractivity contribution is 0.174. The van der Waals surface area contributed by atoms with Crippen LogP contribution in [0, 0.1) is 0 Å². The third-order valence-corrected chi connectivity index (χ3v) is 3.80. The molecule has 0 amide bonds. The first-order chi connectivity index (χ1) is 9.22. The van der Waals surface area contributed by atoms with E-state index in [1.165, 1.54) is 11.5 Å². The number of halogens is 1. The lowest BCUT2D eigenvalue weighted by Crippen LogP contribution is -2.17. The molecule has 0 atom stereocenters. The molecule has 0 aliphatic carbocycles. The van der Waals surface area contributed by atoms with Gasteiger partial charge in [-0.1, -0.05) is 22.2 Å². The van der Waals surface area contributed by atoms with Crippen molar-refractivity contribution in [3.05, 3.63) is 33.8 Å². The summed E-state index contributed by atoms with van der Waals surface area (Å²) in [7, 11) is 2.01. The number of benzene rings is 1. The summed E-state index contributed by atoms with van der Waals surface area (Å²) in [6.07, 6.45) is 0. The van der Waals surface area contributed by atoms with Gasteiger partial charge in [-0.15, -0.1) is 5.10 Å². The predicted molar refractivity (Wildman–Crippen MR) is 72.7 cm³/mol. The molecule has 2 aromatic rings. The Bertz CT molecular complexity index is 590. The van der Waals surface area contributed by atoms with Crippen LogP contribution in [0.1, 0.15) is 11.3 Å². The van der Waals surface area contributed by atoms with Crippen LogP contribution in [0.3, 0.4) is 0 Å². The minimum absolute atomic E-state index is 0.300. The zero-order valence-corrected chi connectivity index (χ0v) is 11.9. The minimum Gasteiger partial charge on any atom is -0.454 e. The van der Waals surface area contributed by atoms with Crippen molar-refractivity contribution in [3.63, 3.8) is 0 Å². The molecular formula is C12H12ClN3O2S. The van der Waals surface area contributed by atoms with Crippen LogP contribution in [-0.2, 0) is 13.1 Å². The third-order valence-electron chi connectivity index (χ3n) is 2.82. The Morgan fingerprint density at radius 1 is 1.32 bits per heavy atom. The van der Waals surface area contributed by atoms with Gasteiger partial charge in [0.1, 0.15) is 10.0 Å². The van der Waals surface area contributed by atoms with Crippen molar-refractivity contribution in [1.82, 2.24) is 14.5 Å². The van der Waals surface area contributed by atoms with E-state index in [1.807, 2.05) is 25.2 Å². The molecule has 0 saturated heterocycles. The summed E-state index contributed by atoms with van der Waals surface area (Å²) in [4.78, 5) is 2.13. The van der Waals surface area contributed by atoms with Crippen LogP contribution in [0.2, 0.25) is 4.34 Å². The lowest BCUT2D eigenvalue weighted by atomic mass is 10.2. The summed E-state index contributed by atoms with van der Waals surface area (Å²) in [5.41, 5.74) is 1.97. The fraction of sp³-hybridized carbons (Fsp3) is 0.333. The number of nitrogens with zero attached hydrogens (tertiary/aromatic N) is 3. The zero-order chi connectivity index (χ0) is 13.2. The van der Waals surface area contributed by atoms with Gasteiger partial charge in [-0.2, -0.15) is 0 Å². The first kappa shape index (κ1) is 12.7. The molecule has 100 valence electrons. The second-order valence-electron chi connectivity index (χ2n) is 4.35. The first-order valence-electron chi connectivity index (χ1n) is 5.76. The standard InChI is InChI=1S/C12H12ClN3O2S/c1-16(6-9-12(13)19-15-14-9)5-8-2-3-10-11(4-8)18-7-17-10/h2-4H,5-7H2,1H3. The number of hydrogen-bond donors (Lipinski definition) is 0. The fourth-order valence-corrected chi connectivity index (χ4v) is 2.57. The van der Waals surface area contributed by atoms with Crippen LogP contribution in [-0.4, -0.2) is 28.3 Å². The molecule has 0 saturated carbocycles. The maximum Gasteiger partial charge on any atom is 0.231 e. The molecule has 1 aliphatic heterocycles. The van der Waals surface area contributed by atoms with Crippen LogP contribution in [0.15, 0.2) is 18.2 Å². The van der Waals surface area contributed by atoms with Crippen LogP contribution >= 0.6 is 23.1 Å². The Balaban J connectivity index is 1.66. The highest BCUT2D eigenvalue weighted by Gasteiger charge is 2.14. The molecule has 1 aromatic heterocycles. The molecule has 0 bridgehead atoms. The van der Waals surface area contributed by atoms with E-state index in [2.05, 4.69) is 14.5 Å². The number of rotatable bonds is 4. The molecule has 0 unspecified atom stereocenters. The van der Waals surface area contributed by atoms with Gasteiger partial charge in [-0.3, -0.25) is 4.90 Å². The van der Waals surface area contributed by atoms with Crippen LogP contribution in [0.5, 0.6) is 11.5 Å². The molecule has 0 N–H and O–H groups in total. The summed E-state index contributed by atoms with van der Waals surface area (Å²) >= 11 is 7.20. The summed E-state index contributed by atoms with van der Waals surface area (Å²) < 4.78 is 15.1. The Labute approximate surface area is 119 Å². The fourth-order valence-electron chi connectivity index (χ4n) is 1.95. The van der Waals surface area contributed by atoms with Crippen molar-refractivity contribution < 1.29 is 9.47 Å². The van der Waals surface area contributed by atoms with Gasteiger partial charge in [0.2, 0.25) is 6.79 Å². The highest BCUT2D eigenvalue weighted by Crippen LogP contribution is 2.32. The number of hydrogen-bond acceptors (Lipinski definition) is 6. The molecule has 1 aromatic carbocycles. The molecule has 3 rings (SSSR count). The quantitative estimate of drug-likeness (QED) is 0.868. The van der Waals surface area contributed by atoms with E-state index in [-0.39, 0.29) is 0 Å². The van der Waals surface area contributed by atoms with Crippen molar-refractivity contribution in [2.45, 2.75) is 13.1 Å². The summed E-state index contributed by atoms with van der Waals surface area (Å²) in [5.74, 6) is 1.61. The Hall–Kier alpha value is -1.37. The summed E-state index contributed by atoms with van der Waals surface area (Å²) in [5, 5.41) is 4.01. The average Bonchev–Trinajstić information content (AvgIpc) is 2.98. The lowest BCUT2D eigenvalue weighted by Gasteiger charge is -2.15. The predicted octanol–water partition coefficient (Wildman–Crippen LogP) is 2.55. The molecule has 7 heteroatoms. The highest BCUT2D eigenvalue weighted by molar-refractivity contribution is 7.10. The van der Waals surface area contributed by atoms with Gasteiger partial charge in [-0.25, -0.2) is 0 Å². The zero-order valence-electron chi connectivity index (χ0n) is 10.3. The first-order valence-corrected chi connectivity index (χ1v) is 6.91. The Morgan fingerprint density at radius 3 is 2.95 bits per heavy atom. The normalized spacial score (nSPS) is 13.2. The van der Waals surface area contributed by atoms with E-state index >= 15 is 0 Å². The second kappa shape index (κ2) is 5.32. The van der Waals surface area contributed by atoms with Gasteiger partial charge in [0.05, 0.1) is 0 Å². The SMILES string of the molecule is CN(Cc1ccc2c(c1)OCO2)Cc1nnsc1Cl. The molecule has 2 heterocycles. The van der Waals surface area contributed by atoms with Gasteiger partial charge in [0.15, 0.2) is 11.5 Å². The van der Waals surface area contributed by atoms with Crippen LogP contribution in [0.25, 0.3) is 0 Å². The van der Waals surface area contributed by atoms with Crippen LogP contribution in [0.4, 0.5) is 0 Å². The van der Waals surface area contributed by atoms with E-state index in [1.54, 1.807) is 0 Å². The van der Waals surface area contributed by atoms with Gasteiger partial charge in [0, 0.05) is 24.6 Å². The molecule has 19 heavy (non-hydrogen) atoms. The minimum atomic E-state index is 0.300. The summed E-state index contributed by atoms with van der Waals surface area (Å²) in [6.45, 7) is 1.75. The Kier molecular flexibility index (Phi) is 3.54. The summed E-state index contributed by atoms with van der Waals surface area (Å²) in [6, 6.07) is 5.97. The monoisotopic (exact) mass is 297 g/mol. The molecule has 0 radical (unpaired) electrons. The molecule has 0 spiro atoms. The van der Waals surface area contributed by atoms with E-state index in [9.17, 15) is 0 Å². The van der Waals surface area contributed by atoms with E-state index < -0.39 is 0 Å². The van der Waals surface area contributed by atoms with Gasteiger partial charge in [-0.05, 0) is 24.7 Å². The van der Waals surface area contributed by atoms with E-state index in [4.69, 9.17) is 21.1 Å². The van der Waals surface area contributed by atoms with Crippen LogP contribution < -0.4 is 9.47 Å². The maximum absolute atomic E-state index is 5.99. The number of ether oxygens (including phenoxy) is 2. The van der Waals surface area contributed by atoms with E-state index in [0.717, 1.165) is 29.3 Å². The molecular weight excluding hydrogens is 286 g/mol. The average molecular weight is 298 g/mol. The number of fused-ring (bicyclic) bond motifs is 1. The second-order valence-corrected chi connectivity index (χ2v) is 5.71. The largest absolute Gasteiger partial charge is 0.454 e. The Morgan fingerprint density at radius 2 is 2.16 bits per heavy atom. The topological polar surface area (TPSA) is 47.5 Å². The van der Waals surface area contributed by atoms with E-state index in [0.29, 0.717) is 17.7 Å². The smallest absolute Gasteiger partial charge is 0.231 e. The van der Waals surface area contributed by atoms with Gasteiger partial charge in [0.25, 0.3) is 0 Å². The van der Waals surface area contributed by atoms with Gasteiger partial charge < -0.3 is 9.47 Å². The van der Waals surface area contributed by atoms with Crippen molar-refractivity contribution in [2.75, 3.05) is 13.8 Å². The van der Waals surface area contributed by atoms with Crippen molar-refractivity contribution >= 4 is 23.1 Å². The maximum atomic E-state index is 5.99. The number of aromatic nitrogens is 2. The van der Waals surface area contributed by atoms with Crippen molar-refractivity contribution in [3.8, 4) is 11.5 Å². The highest BCUT2D eigenvalue weighted by atomic mass is 35.5. The molecule has 0 fully saturated rings.